The Bertz CT molecular complexity index is 344. The molecule has 0 aromatic carbocycles. The molecule has 0 bridgehead atoms. The largest absolute Gasteiger partial charge is 0.410 e. The Labute approximate surface area is 77.7 Å². The molecule has 0 saturated heterocycles. The van der Waals surface area contributed by atoms with Gasteiger partial charge in [-0.2, -0.15) is 13.2 Å². The zero-order valence-electron chi connectivity index (χ0n) is 7.54. The van der Waals surface area contributed by atoms with Crippen molar-refractivity contribution >= 4 is 6.29 Å². The predicted molar refractivity (Wildman–Crippen MR) is 40.9 cm³/mol. The molecule has 0 spiro atoms. The van der Waals surface area contributed by atoms with Gasteiger partial charge >= 0.3 is 6.18 Å². The molecule has 1 aromatic rings. The third-order valence-corrected chi connectivity index (χ3v) is 1.92. The third-order valence-electron chi connectivity index (χ3n) is 1.92. The van der Waals surface area contributed by atoms with Gasteiger partial charge in [-0.3, -0.25) is 4.79 Å². The van der Waals surface area contributed by atoms with E-state index in [1.807, 2.05) is 0 Å². The van der Waals surface area contributed by atoms with Gasteiger partial charge < -0.3 is 0 Å². The van der Waals surface area contributed by atoms with Gasteiger partial charge in [-0.25, -0.2) is 4.68 Å². The minimum absolute atomic E-state index is 0.0684. The lowest BCUT2D eigenvalue weighted by Crippen LogP contribution is -2.25. The highest BCUT2D eigenvalue weighted by molar-refractivity contribution is 5.72. The van der Waals surface area contributed by atoms with Gasteiger partial charge in [0.15, 0.2) is 6.29 Å². The van der Waals surface area contributed by atoms with Gasteiger partial charge in [0, 0.05) is 0 Å². The van der Waals surface area contributed by atoms with Gasteiger partial charge in [0.2, 0.25) is 0 Å². The van der Waals surface area contributed by atoms with E-state index in [0.717, 1.165) is 6.92 Å². The first-order valence-electron chi connectivity index (χ1n) is 3.81. The topological polar surface area (TPSA) is 47.8 Å². The molecule has 0 aliphatic rings. The molecule has 0 radical (unpaired) electrons. The third kappa shape index (κ3) is 1.75. The number of aldehydes is 1. The molecule has 4 nitrogen and oxygen atoms in total. The van der Waals surface area contributed by atoms with Gasteiger partial charge in [0.05, 0.1) is 5.69 Å². The molecule has 7 heteroatoms. The number of aromatic nitrogens is 3. The predicted octanol–water partition coefficient (Wildman–Crippen LogP) is 1.52. The Balaban J connectivity index is 3.08. The van der Waals surface area contributed by atoms with Crippen LogP contribution in [0.2, 0.25) is 0 Å². The number of nitrogens with zero attached hydrogens (tertiary/aromatic N) is 3. The van der Waals surface area contributed by atoms with Gasteiger partial charge in [-0.1, -0.05) is 5.21 Å². The van der Waals surface area contributed by atoms with Gasteiger partial charge in [-0.15, -0.1) is 5.10 Å². The number of carbonyl (C=O) groups excluding carboxylic acids is 1. The fourth-order valence-corrected chi connectivity index (χ4v) is 0.969. The Morgan fingerprint density at radius 2 is 2.07 bits per heavy atom. The first kappa shape index (κ1) is 10.7. The number of halogens is 3. The fraction of sp³-hybridized carbons (Fsp3) is 0.571. The molecule has 1 aromatic heterocycles. The van der Waals surface area contributed by atoms with Crippen LogP contribution in [0.15, 0.2) is 0 Å². The molecule has 78 valence electrons. The van der Waals surface area contributed by atoms with Crippen LogP contribution < -0.4 is 0 Å². The second kappa shape index (κ2) is 3.39. The maximum Gasteiger partial charge on any atom is 0.410 e. The van der Waals surface area contributed by atoms with E-state index in [9.17, 15) is 18.0 Å². The first-order valence-corrected chi connectivity index (χ1v) is 3.81. The Hall–Kier alpha value is -1.40. The van der Waals surface area contributed by atoms with E-state index in [-0.39, 0.29) is 11.4 Å². The van der Waals surface area contributed by atoms with Crippen LogP contribution in [0.4, 0.5) is 13.2 Å². The molecule has 0 saturated carbocycles. The Morgan fingerprint density at radius 3 is 2.43 bits per heavy atom. The standard InChI is InChI=1S/C7H8F3N3O/c1-4-6(3-14)11-12-13(4)5(2)7(8,9)10/h3,5H,1-2H3. The molecule has 0 amide bonds. The first-order chi connectivity index (χ1) is 6.38. The van der Waals surface area contributed by atoms with Crippen molar-refractivity contribution in [2.45, 2.75) is 26.1 Å². The summed E-state index contributed by atoms with van der Waals surface area (Å²) in [5.41, 5.74) is 0.0472. The average Bonchev–Trinajstić information content (AvgIpc) is 2.43. The summed E-state index contributed by atoms with van der Waals surface area (Å²) in [6.07, 6.45) is -4.01. The van der Waals surface area contributed by atoms with Crippen LogP contribution >= 0.6 is 0 Å². The van der Waals surface area contributed by atoms with Crippen molar-refractivity contribution in [3.63, 3.8) is 0 Å². The summed E-state index contributed by atoms with van der Waals surface area (Å²) < 4.78 is 37.4. The van der Waals surface area contributed by atoms with E-state index in [1.165, 1.54) is 6.92 Å². The summed E-state index contributed by atoms with van der Waals surface area (Å²) in [5, 5.41) is 6.58. The van der Waals surface area contributed by atoms with Crippen molar-refractivity contribution in [3.05, 3.63) is 11.4 Å². The summed E-state index contributed by atoms with van der Waals surface area (Å²) >= 11 is 0. The van der Waals surface area contributed by atoms with Crippen molar-refractivity contribution in [1.82, 2.24) is 15.0 Å². The molecular formula is C7H8F3N3O. The van der Waals surface area contributed by atoms with Crippen molar-refractivity contribution in [1.29, 1.82) is 0 Å². The molecule has 0 aliphatic heterocycles. The summed E-state index contributed by atoms with van der Waals surface area (Å²) in [6, 6.07) is -1.77. The normalized spacial score (nSPS) is 14.1. The number of hydrogen-bond acceptors (Lipinski definition) is 3. The van der Waals surface area contributed by atoms with Crippen molar-refractivity contribution in [3.8, 4) is 0 Å². The Morgan fingerprint density at radius 1 is 1.50 bits per heavy atom. The van der Waals surface area contributed by atoms with E-state index in [2.05, 4.69) is 10.3 Å². The van der Waals surface area contributed by atoms with Crippen LogP contribution in [0.1, 0.15) is 29.1 Å². The monoisotopic (exact) mass is 207 g/mol. The van der Waals surface area contributed by atoms with Crippen molar-refractivity contribution in [2.75, 3.05) is 0 Å². The van der Waals surface area contributed by atoms with Crippen molar-refractivity contribution < 1.29 is 18.0 Å². The molecule has 1 heterocycles. The molecule has 0 N–H and O–H groups in total. The number of rotatable bonds is 2. The van der Waals surface area contributed by atoms with Crippen LogP contribution in [0.25, 0.3) is 0 Å². The summed E-state index contributed by atoms with van der Waals surface area (Å²) in [7, 11) is 0. The van der Waals surface area contributed by atoms with Crippen LogP contribution in [0.5, 0.6) is 0 Å². The lowest BCUT2D eigenvalue weighted by atomic mass is 10.3. The Kier molecular flexibility index (Phi) is 2.59. The minimum atomic E-state index is -4.39. The molecule has 1 atom stereocenters. The SMILES string of the molecule is Cc1c(C=O)nnn1C(C)C(F)(F)F. The van der Waals surface area contributed by atoms with Crippen molar-refractivity contribution in [2.24, 2.45) is 0 Å². The van der Waals surface area contributed by atoms with Crippen LogP contribution in [-0.4, -0.2) is 27.5 Å². The second-order valence-corrected chi connectivity index (χ2v) is 2.84. The quantitative estimate of drug-likeness (QED) is 0.691. The highest BCUT2D eigenvalue weighted by atomic mass is 19.4. The van der Waals surface area contributed by atoms with E-state index < -0.39 is 12.2 Å². The van der Waals surface area contributed by atoms with Crippen LogP contribution in [-0.2, 0) is 0 Å². The zero-order valence-corrected chi connectivity index (χ0v) is 7.54. The van der Waals surface area contributed by atoms with E-state index in [4.69, 9.17) is 0 Å². The second-order valence-electron chi connectivity index (χ2n) is 2.84. The van der Waals surface area contributed by atoms with Gasteiger partial charge in [0.1, 0.15) is 11.7 Å². The molecule has 0 aliphatic carbocycles. The van der Waals surface area contributed by atoms with Gasteiger partial charge in [-0.05, 0) is 13.8 Å². The molecule has 0 fully saturated rings. The fourth-order valence-electron chi connectivity index (χ4n) is 0.969. The average molecular weight is 207 g/mol. The highest BCUT2D eigenvalue weighted by Gasteiger charge is 2.39. The smallest absolute Gasteiger partial charge is 0.296 e. The van der Waals surface area contributed by atoms with Crippen LogP contribution in [0.3, 0.4) is 0 Å². The maximum atomic E-state index is 12.3. The number of hydrogen-bond donors (Lipinski definition) is 0. The van der Waals surface area contributed by atoms with E-state index in [0.29, 0.717) is 11.0 Å². The highest BCUT2D eigenvalue weighted by Crippen LogP contribution is 2.30. The maximum absolute atomic E-state index is 12.3. The number of carbonyl (C=O) groups is 1. The molecular weight excluding hydrogens is 199 g/mol. The summed E-state index contributed by atoms with van der Waals surface area (Å²) in [4.78, 5) is 10.3. The minimum Gasteiger partial charge on any atom is -0.296 e. The molecule has 14 heavy (non-hydrogen) atoms. The lowest BCUT2D eigenvalue weighted by Gasteiger charge is -2.16. The lowest BCUT2D eigenvalue weighted by molar-refractivity contribution is -0.166. The molecule has 1 rings (SSSR count). The zero-order chi connectivity index (χ0) is 10.9. The summed E-state index contributed by atoms with van der Waals surface area (Å²) in [6.45, 7) is 2.32. The number of alkyl halides is 3. The van der Waals surface area contributed by atoms with E-state index in [1.54, 1.807) is 0 Å². The van der Waals surface area contributed by atoms with Gasteiger partial charge in [0.25, 0.3) is 0 Å². The summed E-state index contributed by atoms with van der Waals surface area (Å²) in [5.74, 6) is 0. The van der Waals surface area contributed by atoms with E-state index >= 15 is 0 Å². The van der Waals surface area contributed by atoms with Crippen LogP contribution in [0, 0.1) is 6.92 Å². The molecule has 1 unspecified atom stereocenters.